The highest BCUT2D eigenvalue weighted by Crippen LogP contribution is 2.25. The van der Waals surface area contributed by atoms with Gasteiger partial charge in [0.2, 0.25) is 0 Å². The zero-order valence-corrected chi connectivity index (χ0v) is 9.00. The molecule has 0 heterocycles. The zero-order valence-electron chi connectivity index (χ0n) is 6.60. The van der Waals surface area contributed by atoms with E-state index in [1.807, 2.05) is 0 Å². The first-order chi connectivity index (χ1) is 6.15. The van der Waals surface area contributed by atoms with E-state index < -0.39 is 5.82 Å². The van der Waals surface area contributed by atoms with Crippen molar-refractivity contribution in [3.8, 4) is 0 Å². The minimum Gasteiger partial charge on any atom is -0.205 e. The summed E-state index contributed by atoms with van der Waals surface area (Å²) in [6, 6.07) is 2.79. The molecule has 0 unspecified atom stereocenters. The van der Waals surface area contributed by atoms with Gasteiger partial charge in [-0.25, -0.2) is 4.39 Å². The van der Waals surface area contributed by atoms with Gasteiger partial charge in [-0.05, 0) is 17.7 Å². The third-order valence-corrected chi connectivity index (χ3v) is 2.25. The van der Waals surface area contributed by atoms with E-state index in [0.717, 1.165) is 0 Å². The second-order valence-electron chi connectivity index (χ2n) is 2.38. The normalized spacial score (nSPS) is 11.1. The molecule has 0 atom stereocenters. The van der Waals surface area contributed by atoms with Gasteiger partial charge in [-0.1, -0.05) is 35.4 Å². The molecule has 13 heavy (non-hydrogen) atoms. The summed E-state index contributed by atoms with van der Waals surface area (Å²) in [7, 11) is 0. The summed E-state index contributed by atoms with van der Waals surface area (Å²) in [4.78, 5) is 0. The van der Waals surface area contributed by atoms with Crippen molar-refractivity contribution >= 4 is 41.9 Å². The molecule has 0 aromatic heterocycles. The van der Waals surface area contributed by atoms with E-state index in [-0.39, 0.29) is 5.02 Å². The van der Waals surface area contributed by atoms with Crippen LogP contribution in [0.3, 0.4) is 0 Å². The average Bonchev–Trinajstić information content (AvgIpc) is 2.09. The molecular formula is C9H7Cl2FS. The Morgan fingerprint density at radius 3 is 2.69 bits per heavy atom. The highest BCUT2D eigenvalue weighted by Gasteiger charge is 2.05. The molecule has 0 spiro atoms. The van der Waals surface area contributed by atoms with E-state index in [9.17, 15) is 4.39 Å². The van der Waals surface area contributed by atoms with Gasteiger partial charge in [-0.3, -0.25) is 0 Å². The fourth-order valence-electron chi connectivity index (χ4n) is 0.877. The van der Waals surface area contributed by atoms with E-state index in [0.29, 0.717) is 16.3 Å². The van der Waals surface area contributed by atoms with Crippen molar-refractivity contribution in [3.63, 3.8) is 0 Å². The Bertz CT molecular complexity index is 337. The van der Waals surface area contributed by atoms with Gasteiger partial charge in [-0.2, -0.15) is 12.6 Å². The Hall–Kier alpha value is -0.180. The van der Waals surface area contributed by atoms with Crippen molar-refractivity contribution < 1.29 is 4.39 Å². The van der Waals surface area contributed by atoms with Gasteiger partial charge in [0.25, 0.3) is 0 Å². The molecule has 0 N–H and O–H groups in total. The lowest BCUT2D eigenvalue weighted by Crippen LogP contribution is -1.82. The van der Waals surface area contributed by atoms with Gasteiger partial charge in [0.05, 0.1) is 5.02 Å². The Labute approximate surface area is 91.8 Å². The second kappa shape index (κ2) is 4.89. The maximum Gasteiger partial charge on any atom is 0.143 e. The van der Waals surface area contributed by atoms with Crippen LogP contribution in [-0.4, -0.2) is 5.75 Å². The summed E-state index contributed by atoms with van der Waals surface area (Å²) in [5.74, 6) is 0.0674. The van der Waals surface area contributed by atoms with Crippen LogP contribution in [0, 0.1) is 5.82 Å². The first-order valence-electron chi connectivity index (χ1n) is 3.57. The third kappa shape index (κ3) is 2.90. The van der Waals surface area contributed by atoms with Crippen LogP contribution in [0.25, 0.3) is 6.08 Å². The van der Waals surface area contributed by atoms with Gasteiger partial charge < -0.3 is 0 Å². The van der Waals surface area contributed by atoms with Crippen molar-refractivity contribution in [2.24, 2.45) is 0 Å². The quantitative estimate of drug-likeness (QED) is 0.581. The van der Waals surface area contributed by atoms with Crippen LogP contribution in [0.5, 0.6) is 0 Å². The van der Waals surface area contributed by atoms with Crippen LogP contribution in [0.15, 0.2) is 18.2 Å². The SMILES string of the molecule is Fc1cc(Cl)cc(C=CCS)c1Cl. The summed E-state index contributed by atoms with van der Waals surface area (Å²) < 4.78 is 13.0. The highest BCUT2D eigenvalue weighted by molar-refractivity contribution is 7.80. The zero-order chi connectivity index (χ0) is 9.84. The lowest BCUT2D eigenvalue weighted by molar-refractivity contribution is 0.628. The number of hydrogen-bond donors (Lipinski definition) is 1. The lowest BCUT2D eigenvalue weighted by atomic mass is 10.2. The number of benzene rings is 1. The van der Waals surface area contributed by atoms with E-state index in [4.69, 9.17) is 23.2 Å². The molecule has 0 nitrogen and oxygen atoms in total. The molecule has 0 amide bonds. The Balaban J connectivity index is 3.12. The lowest BCUT2D eigenvalue weighted by Gasteiger charge is -2.00. The van der Waals surface area contributed by atoms with Crippen molar-refractivity contribution in [1.29, 1.82) is 0 Å². The standard InChI is InChI=1S/C9H7Cl2FS/c10-7-4-6(2-1-3-13)9(11)8(12)5-7/h1-2,4-5,13H,3H2. The molecule has 0 aliphatic carbocycles. The fourth-order valence-corrected chi connectivity index (χ4v) is 1.37. The fraction of sp³-hybridized carbons (Fsp3) is 0.111. The predicted molar refractivity (Wildman–Crippen MR) is 59.3 cm³/mol. The number of halogens is 3. The molecule has 0 saturated heterocycles. The molecule has 0 aliphatic rings. The molecule has 1 aromatic carbocycles. The average molecular weight is 237 g/mol. The summed E-state index contributed by atoms with van der Waals surface area (Å²) in [5.41, 5.74) is 0.570. The van der Waals surface area contributed by atoms with Crippen molar-refractivity contribution in [1.82, 2.24) is 0 Å². The van der Waals surface area contributed by atoms with E-state index in [2.05, 4.69) is 12.6 Å². The van der Waals surface area contributed by atoms with Crippen molar-refractivity contribution in [2.45, 2.75) is 0 Å². The van der Waals surface area contributed by atoms with Gasteiger partial charge >= 0.3 is 0 Å². The van der Waals surface area contributed by atoms with Crippen molar-refractivity contribution in [3.05, 3.63) is 39.6 Å². The second-order valence-corrected chi connectivity index (χ2v) is 3.56. The minimum absolute atomic E-state index is 0.0856. The predicted octanol–water partition coefficient (Wildman–Crippen LogP) is 4.08. The summed E-state index contributed by atoms with van der Waals surface area (Å²) >= 11 is 15.3. The molecule has 0 radical (unpaired) electrons. The first kappa shape index (κ1) is 10.9. The third-order valence-electron chi connectivity index (χ3n) is 1.42. The maximum atomic E-state index is 13.0. The molecule has 0 aliphatic heterocycles. The number of hydrogen-bond acceptors (Lipinski definition) is 1. The summed E-state index contributed by atoms with van der Waals surface area (Å²) in [6.45, 7) is 0. The first-order valence-corrected chi connectivity index (χ1v) is 4.96. The molecule has 1 aromatic rings. The maximum absolute atomic E-state index is 13.0. The van der Waals surface area contributed by atoms with Crippen LogP contribution < -0.4 is 0 Å². The molecule has 0 bridgehead atoms. The Kier molecular flexibility index (Phi) is 4.10. The van der Waals surface area contributed by atoms with E-state index in [1.165, 1.54) is 6.07 Å². The Morgan fingerprint density at radius 1 is 1.38 bits per heavy atom. The van der Waals surface area contributed by atoms with Crippen LogP contribution in [0.1, 0.15) is 5.56 Å². The van der Waals surface area contributed by atoms with E-state index in [1.54, 1.807) is 18.2 Å². The van der Waals surface area contributed by atoms with Crippen molar-refractivity contribution in [2.75, 3.05) is 5.75 Å². The van der Waals surface area contributed by atoms with Crippen LogP contribution >= 0.6 is 35.8 Å². The molecular weight excluding hydrogens is 230 g/mol. The largest absolute Gasteiger partial charge is 0.205 e. The number of thiol groups is 1. The summed E-state index contributed by atoms with van der Waals surface area (Å²) in [5, 5.41) is 0.420. The summed E-state index contributed by atoms with van der Waals surface area (Å²) in [6.07, 6.45) is 3.45. The van der Waals surface area contributed by atoms with E-state index >= 15 is 0 Å². The molecule has 1 rings (SSSR count). The smallest absolute Gasteiger partial charge is 0.143 e. The monoisotopic (exact) mass is 236 g/mol. The molecule has 0 saturated carbocycles. The van der Waals surface area contributed by atoms with Gasteiger partial charge in [-0.15, -0.1) is 0 Å². The molecule has 4 heteroatoms. The minimum atomic E-state index is -0.506. The molecule has 70 valence electrons. The van der Waals surface area contributed by atoms with Crippen LogP contribution in [0.2, 0.25) is 10.0 Å². The molecule has 0 fully saturated rings. The highest BCUT2D eigenvalue weighted by atomic mass is 35.5. The Morgan fingerprint density at radius 2 is 2.08 bits per heavy atom. The van der Waals surface area contributed by atoms with Crippen LogP contribution in [0.4, 0.5) is 4.39 Å². The van der Waals surface area contributed by atoms with Gasteiger partial charge in [0, 0.05) is 10.8 Å². The number of rotatable bonds is 2. The van der Waals surface area contributed by atoms with Crippen LogP contribution in [-0.2, 0) is 0 Å². The van der Waals surface area contributed by atoms with Gasteiger partial charge in [0.15, 0.2) is 0 Å². The van der Waals surface area contributed by atoms with Gasteiger partial charge in [0.1, 0.15) is 5.82 Å². The topological polar surface area (TPSA) is 0 Å².